The first-order chi connectivity index (χ1) is 16.4. The second kappa shape index (κ2) is 10.8. The van der Waals surface area contributed by atoms with Crippen LogP contribution < -0.4 is 14.2 Å². The van der Waals surface area contributed by atoms with E-state index in [1.807, 2.05) is 0 Å². The van der Waals surface area contributed by atoms with Crippen LogP contribution in [0.3, 0.4) is 0 Å². The maximum Gasteiger partial charge on any atom is 0.203 e. The molecule has 3 saturated carbocycles. The van der Waals surface area contributed by atoms with Crippen LogP contribution in [0.25, 0.3) is 0 Å². The molecule has 3 fully saturated rings. The van der Waals surface area contributed by atoms with Crippen LogP contribution in [-0.4, -0.2) is 57.2 Å². The highest BCUT2D eigenvalue weighted by molar-refractivity contribution is 5.92. The Hall–Kier alpha value is -1.95. The van der Waals surface area contributed by atoms with Gasteiger partial charge in [0.15, 0.2) is 11.5 Å². The van der Waals surface area contributed by atoms with E-state index >= 15 is 0 Å². The highest BCUT2D eigenvalue weighted by Crippen LogP contribution is 2.60. The first kappa shape index (κ1) is 25.2. The van der Waals surface area contributed by atoms with E-state index in [4.69, 9.17) is 24.2 Å². The number of rotatable bonds is 11. The smallest absolute Gasteiger partial charge is 0.203 e. The van der Waals surface area contributed by atoms with Crippen molar-refractivity contribution in [3.8, 4) is 17.2 Å². The first-order valence-corrected chi connectivity index (χ1v) is 13.1. The van der Waals surface area contributed by atoms with Gasteiger partial charge in [0.2, 0.25) is 5.75 Å². The van der Waals surface area contributed by atoms with Gasteiger partial charge in [-0.05, 0) is 88.8 Å². The van der Waals surface area contributed by atoms with E-state index in [-0.39, 0.29) is 0 Å². The number of hydrogen-bond acceptors (Lipinski definition) is 6. The zero-order chi connectivity index (χ0) is 24.4. The molecule has 0 radical (unpaired) electrons. The van der Waals surface area contributed by atoms with E-state index in [1.54, 1.807) is 21.3 Å². The molecule has 0 aromatic heterocycles. The number of nitrogens with zero attached hydrogens (tertiary/aromatic N) is 2. The third kappa shape index (κ3) is 4.75. The lowest BCUT2D eigenvalue weighted by molar-refractivity contribution is 0.0802. The molecule has 0 amide bonds. The van der Waals surface area contributed by atoms with Crippen LogP contribution in [0.2, 0.25) is 0 Å². The van der Waals surface area contributed by atoms with Gasteiger partial charge in [-0.3, -0.25) is 4.90 Å². The monoisotopic (exact) mass is 472 g/mol. The van der Waals surface area contributed by atoms with E-state index in [0.717, 1.165) is 36.3 Å². The Balaban J connectivity index is 1.53. The summed E-state index contributed by atoms with van der Waals surface area (Å²) < 4.78 is 16.8. The molecular formula is C28H44N2O4. The molecule has 0 unspecified atom stereocenters. The number of fused-ring (bicyclic) bond motifs is 5. The minimum Gasteiger partial charge on any atom is -0.493 e. The van der Waals surface area contributed by atoms with Gasteiger partial charge in [0.1, 0.15) is 6.61 Å². The number of methoxy groups -OCH3 is 3. The van der Waals surface area contributed by atoms with Crippen molar-refractivity contribution in [3.05, 3.63) is 17.7 Å². The fraction of sp³-hybridized carbons (Fsp3) is 0.750. The molecule has 2 bridgehead atoms. The van der Waals surface area contributed by atoms with E-state index in [0.29, 0.717) is 42.2 Å². The van der Waals surface area contributed by atoms with Crippen molar-refractivity contribution >= 4 is 5.71 Å². The molecule has 6 nitrogen and oxygen atoms in total. The maximum absolute atomic E-state index is 6.02. The van der Waals surface area contributed by atoms with E-state index in [2.05, 4.69) is 44.7 Å². The summed E-state index contributed by atoms with van der Waals surface area (Å²) in [6.45, 7) is 10.5. The Bertz CT molecular complexity index is 835. The second-order valence-corrected chi connectivity index (χ2v) is 10.9. The van der Waals surface area contributed by atoms with E-state index in [9.17, 15) is 0 Å². The third-order valence-corrected chi connectivity index (χ3v) is 8.61. The summed E-state index contributed by atoms with van der Waals surface area (Å²) in [6.07, 6.45) is 6.31. The van der Waals surface area contributed by atoms with Crippen LogP contribution in [0.5, 0.6) is 17.2 Å². The minimum absolute atomic E-state index is 0.429. The SMILES string of the molecule is COc1cc(C[C@@H]2/C(=N/OCCN(C(C)C)C(C)C)[C@H]3C[C@@H]2[C@@H]2CCC[C@@H]23)cc(OC)c1OC. The van der Waals surface area contributed by atoms with Crippen LogP contribution in [0.15, 0.2) is 17.3 Å². The van der Waals surface area contributed by atoms with Gasteiger partial charge in [-0.15, -0.1) is 0 Å². The molecule has 3 aliphatic carbocycles. The molecule has 190 valence electrons. The standard InChI is InChI=1S/C28H44N2O4/c1-17(2)30(18(3)4)11-12-34-29-27-23(22-16-24(27)21-10-8-9-20(21)22)13-19-14-25(31-5)28(33-7)26(15-19)32-6/h14-15,17-18,20-24H,8-13,16H2,1-7H3/b29-27-/t20-,21+,22-,23+,24+/m1/s1. The number of ether oxygens (including phenoxy) is 3. The Morgan fingerprint density at radius 2 is 1.56 bits per heavy atom. The highest BCUT2D eigenvalue weighted by Gasteiger charge is 2.57. The minimum atomic E-state index is 0.429. The molecule has 3 aliphatic rings. The van der Waals surface area contributed by atoms with Crippen molar-refractivity contribution in [2.45, 2.75) is 71.9 Å². The quantitative estimate of drug-likeness (QED) is 0.318. The van der Waals surface area contributed by atoms with Crippen LogP contribution in [-0.2, 0) is 11.3 Å². The molecule has 1 aromatic rings. The number of hydrogen-bond donors (Lipinski definition) is 0. The predicted molar refractivity (Wildman–Crippen MR) is 136 cm³/mol. The van der Waals surface area contributed by atoms with Crippen molar-refractivity contribution < 1.29 is 19.0 Å². The molecule has 34 heavy (non-hydrogen) atoms. The lowest BCUT2D eigenvalue weighted by Gasteiger charge is -2.33. The number of benzene rings is 1. The van der Waals surface area contributed by atoms with Gasteiger partial charge in [0, 0.05) is 30.5 Å². The first-order valence-electron chi connectivity index (χ1n) is 13.1. The Kier molecular flexibility index (Phi) is 7.96. The van der Waals surface area contributed by atoms with Crippen LogP contribution >= 0.6 is 0 Å². The fourth-order valence-electron chi connectivity index (χ4n) is 7.27. The molecule has 0 aliphatic heterocycles. The summed E-state index contributed by atoms with van der Waals surface area (Å²) in [5.41, 5.74) is 2.52. The molecule has 0 spiro atoms. The van der Waals surface area contributed by atoms with Gasteiger partial charge >= 0.3 is 0 Å². The predicted octanol–water partition coefficient (Wildman–Crippen LogP) is 5.43. The average molecular weight is 473 g/mol. The number of oxime groups is 1. The Labute approximate surface area is 206 Å². The van der Waals surface area contributed by atoms with Crippen molar-refractivity contribution in [3.63, 3.8) is 0 Å². The molecule has 0 saturated heterocycles. The Morgan fingerprint density at radius 1 is 0.912 bits per heavy atom. The van der Waals surface area contributed by atoms with Gasteiger partial charge in [-0.1, -0.05) is 11.6 Å². The molecule has 0 heterocycles. The van der Waals surface area contributed by atoms with Crippen LogP contribution in [0.4, 0.5) is 0 Å². The van der Waals surface area contributed by atoms with Gasteiger partial charge < -0.3 is 19.0 Å². The molecule has 4 rings (SSSR count). The molecule has 0 N–H and O–H groups in total. The van der Waals surface area contributed by atoms with Crippen molar-refractivity contribution in [2.75, 3.05) is 34.5 Å². The molecule has 6 heteroatoms. The summed E-state index contributed by atoms with van der Waals surface area (Å²) >= 11 is 0. The van der Waals surface area contributed by atoms with E-state index in [1.165, 1.54) is 37.0 Å². The summed E-state index contributed by atoms with van der Waals surface area (Å²) in [5, 5.41) is 4.86. The summed E-state index contributed by atoms with van der Waals surface area (Å²) in [7, 11) is 5.01. The van der Waals surface area contributed by atoms with Gasteiger partial charge in [-0.25, -0.2) is 0 Å². The van der Waals surface area contributed by atoms with Crippen LogP contribution in [0, 0.1) is 29.6 Å². The van der Waals surface area contributed by atoms with Crippen molar-refractivity contribution in [1.82, 2.24) is 4.90 Å². The third-order valence-electron chi connectivity index (χ3n) is 8.61. The fourth-order valence-corrected chi connectivity index (χ4v) is 7.27. The van der Waals surface area contributed by atoms with E-state index < -0.39 is 0 Å². The van der Waals surface area contributed by atoms with Gasteiger partial charge in [0.05, 0.1) is 27.0 Å². The highest BCUT2D eigenvalue weighted by atomic mass is 16.6. The molecular weight excluding hydrogens is 428 g/mol. The van der Waals surface area contributed by atoms with Crippen molar-refractivity contribution in [1.29, 1.82) is 0 Å². The topological polar surface area (TPSA) is 52.5 Å². The lowest BCUT2D eigenvalue weighted by Crippen LogP contribution is -2.39. The molecule has 5 atom stereocenters. The normalized spacial score (nSPS) is 28.9. The van der Waals surface area contributed by atoms with Gasteiger partial charge in [0.25, 0.3) is 0 Å². The Morgan fingerprint density at radius 3 is 2.15 bits per heavy atom. The zero-order valence-corrected chi connectivity index (χ0v) is 22.2. The van der Waals surface area contributed by atoms with Crippen molar-refractivity contribution in [2.24, 2.45) is 34.7 Å². The summed E-state index contributed by atoms with van der Waals surface area (Å²) in [4.78, 5) is 8.48. The molecule has 1 aromatic carbocycles. The largest absolute Gasteiger partial charge is 0.493 e. The average Bonchev–Trinajstić information content (AvgIpc) is 3.51. The second-order valence-electron chi connectivity index (χ2n) is 10.9. The summed E-state index contributed by atoms with van der Waals surface area (Å²) in [5.74, 6) is 5.48. The van der Waals surface area contributed by atoms with Gasteiger partial charge in [-0.2, -0.15) is 0 Å². The zero-order valence-electron chi connectivity index (χ0n) is 22.2. The maximum atomic E-state index is 6.02. The summed E-state index contributed by atoms with van der Waals surface area (Å²) in [6, 6.07) is 5.21. The lowest BCUT2D eigenvalue weighted by atomic mass is 9.72. The van der Waals surface area contributed by atoms with Crippen LogP contribution in [0.1, 0.15) is 58.9 Å².